The highest BCUT2D eigenvalue weighted by Crippen LogP contribution is 2.24. The van der Waals surface area contributed by atoms with E-state index in [1.54, 1.807) is 0 Å². The summed E-state index contributed by atoms with van der Waals surface area (Å²) in [5, 5.41) is 4.59. The second-order valence-corrected chi connectivity index (χ2v) is 4.44. The summed E-state index contributed by atoms with van der Waals surface area (Å²) in [6.07, 6.45) is 4.56. The Morgan fingerprint density at radius 3 is 2.88 bits per heavy atom. The molecule has 2 aromatic rings. The van der Waals surface area contributed by atoms with Gasteiger partial charge in [-0.2, -0.15) is 0 Å². The van der Waals surface area contributed by atoms with Gasteiger partial charge in [-0.05, 0) is 44.5 Å². The van der Waals surface area contributed by atoms with Crippen LogP contribution in [0.15, 0.2) is 24.4 Å². The van der Waals surface area contributed by atoms with E-state index < -0.39 is 0 Å². The zero-order valence-corrected chi connectivity index (χ0v) is 10.4. The quantitative estimate of drug-likeness (QED) is 0.777. The van der Waals surface area contributed by atoms with E-state index in [4.69, 9.17) is 0 Å². The van der Waals surface area contributed by atoms with Crippen LogP contribution >= 0.6 is 0 Å². The second kappa shape index (κ2) is 4.71. The van der Waals surface area contributed by atoms with Gasteiger partial charge in [0.15, 0.2) is 0 Å². The Labute approximate surface area is 97.3 Å². The standard InChI is InChI=1S/C14H20N2/c1-11-10-16(3)14-12(7-5-9-15-2)6-4-8-13(11)14/h4,6,8,10,15H,5,7,9H2,1-3H3. The second-order valence-electron chi connectivity index (χ2n) is 4.44. The predicted molar refractivity (Wildman–Crippen MR) is 69.9 cm³/mol. The van der Waals surface area contributed by atoms with Gasteiger partial charge < -0.3 is 9.88 Å². The lowest BCUT2D eigenvalue weighted by atomic mass is 10.1. The Hall–Kier alpha value is -1.28. The molecule has 0 saturated heterocycles. The molecule has 0 saturated carbocycles. The van der Waals surface area contributed by atoms with Gasteiger partial charge in [-0.15, -0.1) is 0 Å². The minimum Gasteiger partial charge on any atom is -0.350 e. The summed E-state index contributed by atoms with van der Waals surface area (Å²) < 4.78 is 2.25. The highest BCUT2D eigenvalue weighted by molar-refractivity contribution is 5.86. The number of rotatable bonds is 4. The summed E-state index contributed by atoms with van der Waals surface area (Å²) >= 11 is 0. The van der Waals surface area contributed by atoms with Gasteiger partial charge in [0.2, 0.25) is 0 Å². The van der Waals surface area contributed by atoms with Crippen molar-refractivity contribution in [1.82, 2.24) is 9.88 Å². The van der Waals surface area contributed by atoms with Crippen LogP contribution in [0.2, 0.25) is 0 Å². The van der Waals surface area contributed by atoms with Crippen LogP contribution in [0.25, 0.3) is 10.9 Å². The van der Waals surface area contributed by atoms with E-state index in [1.165, 1.54) is 28.5 Å². The maximum atomic E-state index is 3.20. The smallest absolute Gasteiger partial charge is 0.0512 e. The van der Waals surface area contributed by atoms with Gasteiger partial charge in [-0.25, -0.2) is 0 Å². The van der Waals surface area contributed by atoms with E-state index in [1.807, 2.05) is 7.05 Å². The molecule has 1 N–H and O–H groups in total. The van der Waals surface area contributed by atoms with Crippen LogP contribution in [0.3, 0.4) is 0 Å². The largest absolute Gasteiger partial charge is 0.350 e. The van der Waals surface area contributed by atoms with Crippen LogP contribution in [0.4, 0.5) is 0 Å². The number of fused-ring (bicyclic) bond motifs is 1. The molecule has 0 bridgehead atoms. The Bertz CT molecular complexity index is 483. The van der Waals surface area contributed by atoms with Crippen molar-refractivity contribution in [2.75, 3.05) is 13.6 Å². The molecule has 16 heavy (non-hydrogen) atoms. The van der Waals surface area contributed by atoms with E-state index in [9.17, 15) is 0 Å². The highest BCUT2D eigenvalue weighted by atomic mass is 14.9. The summed E-state index contributed by atoms with van der Waals surface area (Å²) in [5.74, 6) is 0. The number of nitrogens with zero attached hydrogens (tertiary/aromatic N) is 1. The number of benzene rings is 1. The summed E-state index contributed by atoms with van der Waals surface area (Å²) in [6.45, 7) is 3.26. The van der Waals surface area contributed by atoms with Crippen molar-refractivity contribution in [3.63, 3.8) is 0 Å². The van der Waals surface area contributed by atoms with Gasteiger partial charge in [0.25, 0.3) is 0 Å². The molecule has 0 fully saturated rings. The molecule has 0 aliphatic rings. The van der Waals surface area contributed by atoms with Crippen molar-refractivity contribution in [1.29, 1.82) is 0 Å². The van der Waals surface area contributed by atoms with Crippen molar-refractivity contribution in [2.45, 2.75) is 19.8 Å². The third-order valence-corrected chi connectivity index (χ3v) is 3.16. The number of para-hydroxylation sites is 1. The van der Waals surface area contributed by atoms with Crippen molar-refractivity contribution >= 4 is 10.9 Å². The normalized spacial score (nSPS) is 11.2. The SMILES string of the molecule is CNCCCc1cccc2c(C)cn(C)c12. The fourth-order valence-electron chi connectivity index (χ4n) is 2.41. The first-order valence-corrected chi connectivity index (χ1v) is 5.92. The maximum Gasteiger partial charge on any atom is 0.0512 e. The molecule has 2 rings (SSSR count). The molecule has 0 unspecified atom stereocenters. The average Bonchev–Trinajstić information content (AvgIpc) is 2.56. The van der Waals surface area contributed by atoms with E-state index >= 15 is 0 Å². The van der Waals surface area contributed by atoms with Crippen molar-refractivity contribution < 1.29 is 0 Å². The minimum absolute atomic E-state index is 1.08. The van der Waals surface area contributed by atoms with Gasteiger partial charge in [0.05, 0.1) is 5.52 Å². The van der Waals surface area contributed by atoms with Crippen LogP contribution in [0.1, 0.15) is 17.5 Å². The zero-order chi connectivity index (χ0) is 11.5. The summed E-state index contributed by atoms with van der Waals surface area (Å²) in [6, 6.07) is 6.63. The molecule has 0 radical (unpaired) electrons. The van der Waals surface area contributed by atoms with Crippen LogP contribution in [-0.4, -0.2) is 18.2 Å². The molecule has 2 nitrogen and oxygen atoms in total. The van der Waals surface area contributed by atoms with Crippen LogP contribution in [0, 0.1) is 6.92 Å². The number of hydrogen-bond acceptors (Lipinski definition) is 1. The first kappa shape index (κ1) is 11.2. The number of nitrogens with one attached hydrogen (secondary N) is 1. The fourth-order valence-corrected chi connectivity index (χ4v) is 2.41. The van der Waals surface area contributed by atoms with E-state index in [-0.39, 0.29) is 0 Å². The average molecular weight is 216 g/mol. The lowest BCUT2D eigenvalue weighted by Crippen LogP contribution is -2.08. The summed E-state index contributed by atoms with van der Waals surface area (Å²) in [5.41, 5.74) is 4.23. The molecular weight excluding hydrogens is 196 g/mol. The van der Waals surface area contributed by atoms with E-state index in [0.717, 1.165) is 13.0 Å². The lowest BCUT2D eigenvalue weighted by Gasteiger charge is -2.06. The van der Waals surface area contributed by atoms with Gasteiger partial charge in [0.1, 0.15) is 0 Å². The van der Waals surface area contributed by atoms with Crippen molar-refractivity contribution in [3.8, 4) is 0 Å². The molecule has 0 spiro atoms. The highest BCUT2D eigenvalue weighted by Gasteiger charge is 2.06. The molecule has 0 amide bonds. The number of hydrogen-bond donors (Lipinski definition) is 1. The van der Waals surface area contributed by atoms with Gasteiger partial charge in [-0.1, -0.05) is 18.2 Å². The van der Waals surface area contributed by atoms with Crippen molar-refractivity contribution in [2.24, 2.45) is 7.05 Å². The maximum absolute atomic E-state index is 3.20. The molecule has 0 aliphatic carbocycles. The Balaban J connectivity index is 2.37. The minimum atomic E-state index is 1.08. The molecule has 86 valence electrons. The topological polar surface area (TPSA) is 17.0 Å². The van der Waals surface area contributed by atoms with Crippen LogP contribution in [0.5, 0.6) is 0 Å². The van der Waals surface area contributed by atoms with E-state index in [2.05, 4.69) is 48.3 Å². The van der Waals surface area contributed by atoms with E-state index in [0.29, 0.717) is 0 Å². The first-order chi connectivity index (χ1) is 7.74. The zero-order valence-electron chi connectivity index (χ0n) is 10.4. The molecule has 0 aliphatic heterocycles. The number of aryl methyl sites for hydroxylation is 3. The van der Waals surface area contributed by atoms with Gasteiger partial charge >= 0.3 is 0 Å². The molecule has 1 heterocycles. The number of aromatic nitrogens is 1. The fraction of sp³-hybridized carbons (Fsp3) is 0.429. The third kappa shape index (κ3) is 1.98. The Kier molecular flexibility index (Phi) is 3.30. The van der Waals surface area contributed by atoms with Gasteiger partial charge in [0, 0.05) is 18.6 Å². The molecule has 0 atom stereocenters. The molecule has 1 aromatic heterocycles. The lowest BCUT2D eigenvalue weighted by molar-refractivity contribution is 0.725. The predicted octanol–water partition coefficient (Wildman–Crippen LogP) is 2.64. The molecule has 2 heteroatoms. The van der Waals surface area contributed by atoms with Crippen molar-refractivity contribution in [3.05, 3.63) is 35.5 Å². The monoisotopic (exact) mass is 216 g/mol. The Morgan fingerprint density at radius 2 is 2.12 bits per heavy atom. The molecular formula is C14H20N2. The Morgan fingerprint density at radius 1 is 1.31 bits per heavy atom. The van der Waals surface area contributed by atoms with Gasteiger partial charge in [-0.3, -0.25) is 0 Å². The summed E-state index contributed by atoms with van der Waals surface area (Å²) in [4.78, 5) is 0. The first-order valence-electron chi connectivity index (χ1n) is 5.92. The molecule has 1 aromatic carbocycles. The van der Waals surface area contributed by atoms with Crippen LogP contribution < -0.4 is 5.32 Å². The van der Waals surface area contributed by atoms with Crippen LogP contribution in [-0.2, 0) is 13.5 Å². The summed E-state index contributed by atoms with van der Waals surface area (Å²) in [7, 11) is 4.14. The third-order valence-electron chi connectivity index (χ3n) is 3.16.